The van der Waals surface area contributed by atoms with Gasteiger partial charge in [-0.1, -0.05) is 6.07 Å². The fraction of sp³-hybridized carbons (Fsp3) is 0.111. The number of aryl methyl sites for hydroxylation is 1. The van der Waals surface area contributed by atoms with Gasteiger partial charge in [-0.05, 0) is 45.9 Å². The van der Waals surface area contributed by atoms with Crippen LogP contribution in [0, 0.1) is 6.92 Å². The smallest absolute Gasteiger partial charge is 0.0354 e. The van der Waals surface area contributed by atoms with Crippen molar-refractivity contribution in [2.75, 3.05) is 0 Å². The number of rotatable bonds is 0. The SMILES string of the molecule is Cc1ccc2sccc2c1Br. The van der Waals surface area contributed by atoms with Gasteiger partial charge in [0.1, 0.15) is 0 Å². The molecule has 1 heterocycles. The first-order valence-corrected chi connectivity index (χ1v) is 5.08. The highest BCUT2D eigenvalue weighted by atomic mass is 79.9. The fourth-order valence-electron chi connectivity index (χ4n) is 1.12. The molecule has 0 fully saturated rings. The van der Waals surface area contributed by atoms with Gasteiger partial charge in [-0.2, -0.15) is 0 Å². The second-order valence-electron chi connectivity index (χ2n) is 2.53. The summed E-state index contributed by atoms with van der Waals surface area (Å²) in [5, 5.41) is 3.45. The quantitative estimate of drug-likeness (QED) is 0.638. The lowest BCUT2D eigenvalue weighted by atomic mass is 10.2. The zero-order valence-corrected chi connectivity index (χ0v) is 8.50. The van der Waals surface area contributed by atoms with Crippen molar-refractivity contribution in [2.45, 2.75) is 6.92 Å². The van der Waals surface area contributed by atoms with E-state index in [2.05, 4.69) is 46.4 Å². The number of hydrogen-bond donors (Lipinski definition) is 0. The molecule has 0 aliphatic heterocycles. The van der Waals surface area contributed by atoms with Gasteiger partial charge in [0.15, 0.2) is 0 Å². The average Bonchev–Trinajstić information content (AvgIpc) is 2.45. The van der Waals surface area contributed by atoms with Gasteiger partial charge in [-0.15, -0.1) is 11.3 Å². The summed E-state index contributed by atoms with van der Waals surface area (Å²) in [4.78, 5) is 0. The molecule has 2 heteroatoms. The van der Waals surface area contributed by atoms with Crippen LogP contribution in [-0.2, 0) is 0 Å². The van der Waals surface area contributed by atoms with E-state index in [4.69, 9.17) is 0 Å². The number of hydrogen-bond acceptors (Lipinski definition) is 1. The number of fused-ring (bicyclic) bond motifs is 1. The third-order valence-corrected chi connectivity index (χ3v) is 3.70. The number of thiophene rings is 1. The van der Waals surface area contributed by atoms with Crippen LogP contribution in [0.2, 0.25) is 0 Å². The second-order valence-corrected chi connectivity index (χ2v) is 4.27. The first-order valence-electron chi connectivity index (χ1n) is 3.41. The summed E-state index contributed by atoms with van der Waals surface area (Å²) in [5.74, 6) is 0. The lowest BCUT2D eigenvalue weighted by Gasteiger charge is -1.97. The van der Waals surface area contributed by atoms with Crippen LogP contribution >= 0.6 is 27.3 Å². The highest BCUT2D eigenvalue weighted by Crippen LogP contribution is 2.30. The molecule has 0 atom stereocenters. The van der Waals surface area contributed by atoms with Gasteiger partial charge in [0, 0.05) is 14.6 Å². The molecule has 56 valence electrons. The van der Waals surface area contributed by atoms with E-state index in [1.807, 2.05) is 0 Å². The zero-order chi connectivity index (χ0) is 7.84. The fourth-order valence-corrected chi connectivity index (χ4v) is 2.52. The van der Waals surface area contributed by atoms with Gasteiger partial charge >= 0.3 is 0 Å². The first-order chi connectivity index (χ1) is 5.29. The van der Waals surface area contributed by atoms with Crippen LogP contribution in [0.4, 0.5) is 0 Å². The van der Waals surface area contributed by atoms with Gasteiger partial charge in [-0.25, -0.2) is 0 Å². The first kappa shape index (κ1) is 7.32. The topological polar surface area (TPSA) is 0 Å². The summed E-state index contributed by atoms with van der Waals surface area (Å²) in [6.07, 6.45) is 0. The molecule has 0 aliphatic rings. The van der Waals surface area contributed by atoms with Crippen molar-refractivity contribution in [1.82, 2.24) is 0 Å². The zero-order valence-electron chi connectivity index (χ0n) is 6.10. The molecule has 1 aromatic carbocycles. The summed E-state index contributed by atoms with van der Waals surface area (Å²) in [7, 11) is 0. The van der Waals surface area contributed by atoms with E-state index in [1.165, 1.54) is 20.1 Å². The van der Waals surface area contributed by atoms with Gasteiger partial charge < -0.3 is 0 Å². The molecule has 11 heavy (non-hydrogen) atoms. The van der Waals surface area contributed by atoms with Crippen molar-refractivity contribution in [3.8, 4) is 0 Å². The van der Waals surface area contributed by atoms with Crippen molar-refractivity contribution >= 4 is 37.4 Å². The Balaban J connectivity index is 2.93. The molecule has 0 N–H and O–H groups in total. The van der Waals surface area contributed by atoms with Crippen LogP contribution in [0.3, 0.4) is 0 Å². The lowest BCUT2D eigenvalue weighted by molar-refractivity contribution is 1.48. The van der Waals surface area contributed by atoms with Crippen LogP contribution in [0.5, 0.6) is 0 Å². The van der Waals surface area contributed by atoms with E-state index in [-0.39, 0.29) is 0 Å². The molecular weight excluding hydrogens is 220 g/mol. The summed E-state index contributed by atoms with van der Waals surface area (Å²) in [5.41, 5.74) is 1.30. The predicted molar refractivity (Wildman–Crippen MR) is 54.3 cm³/mol. The maximum absolute atomic E-state index is 3.57. The molecule has 2 aromatic rings. The molecule has 0 bridgehead atoms. The Kier molecular flexibility index (Phi) is 1.74. The molecule has 0 saturated heterocycles. The molecule has 0 radical (unpaired) electrons. The Bertz CT molecular complexity index is 389. The predicted octanol–water partition coefficient (Wildman–Crippen LogP) is 3.97. The van der Waals surface area contributed by atoms with Gasteiger partial charge in [0.25, 0.3) is 0 Å². The van der Waals surface area contributed by atoms with Crippen molar-refractivity contribution in [1.29, 1.82) is 0 Å². The van der Waals surface area contributed by atoms with Crippen LogP contribution in [0.1, 0.15) is 5.56 Å². The van der Waals surface area contributed by atoms with Crippen LogP contribution in [0.15, 0.2) is 28.1 Å². The molecule has 0 saturated carbocycles. The summed E-state index contributed by atoms with van der Waals surface area (Å²) >= 11 is 5.35. The highest BCUT2D eigenvalue weighted by molar-refractivity contribution is 9.10. The van der Waals surface area contributed by atoms with Crippen molar-refractivity contribution in [3.05, 3.63) is 33.6 Å². The molecule has 1 aromatic heterocycles. The minimum Gasteiger partial charge on any atom is -0.144 e. The molecule has 0 amide bonds. The highest BCUT2D eigenvalue weighted by Gasteiger charge is 2.00. The minimum atomic E-state index is 1.23. The third kappa shape index (κ3) is 1.10. The van der Waals surface area contributed by atoms with Crippen LogP contribution < -0.4 is 0 Å². The lowest BCUT2D eigenvalue weighted by Crippen LogP contribution is -1.73. The summed E-state index contributed by atoms with van der Waals surface area (Å²) in [6, 6.07) is 6.46. The van der Waals surface area contributed by atoms with E-state index >= 15 is 0 Å². The molecule has 2 rings (SSSR count). The van der Waals surface area contributed by atoms with Crippen LogP contribution in [-0.4, -0.2) is 0 Å². The average molecular weight is 227 g/mol. The maximum atomic E-state index is 3.57. The Labute approximate surface area is 78.0 Å². The third-order valence-electron chi connectivity index (χ3n) is 1.76. The summed E-state index contributed by atoms with van der Waals surface area (Å²) in [6.45, 7) is 2.11. The standard InChI is InChI=1S/C9H7BrS/c1-6-2-3-8-7(9(6)10)4-5-11-8/h2-5H,1H3. The van der Waals surface area contributed by atoms with Crippen molar-refractivity contribution < 1.29 is 0 Å². The normalized spacial score (nSPS) is 10.7. The Morgan fingerprint density at radius 1 is 1.27 bits per heavy atom. The Hall–Kier alpha value is -0.340. The molecule has 0 unspecified atom stereocenters. The van der Waals surface area contributed by atoms with E-state index in [1.54, 1.807) is 11.3 Å². The molecule has 0 spiro atoms. The second kappa shape index (κ2) is 2.61. The molecule has 0 nitrogen and oxygen atoms in total. The largest absolute Gasteiger partial charge is 0.144 e. The van der Waals surface area contributed by atoms with E-state index in [9.17, 15) is 0 Å². The monoisotopic (exact) mass is 226 g/mol. The maximum Gasteiger partial charge on any atom is 0.0354 e. The van der Waals surface area contributed by atoms with Gasteiger partial charge in [0.2, 0.25) is 0 Å². The molecule has 0 aliphatic carbocycles. The minimum absolute atomic E-state index is 1.23. The van der Waals surface area contributed by atoms with E-state index in [0.717, 1.165) is 0 Å². The molecular formula is C9H7BrS. The van der Waals surface area contributed by atoms with Crippen LogP contribution in [0.25, 0.3) is 10.1 Å². The number of halogens is 1. The Morgan fingerprint density at radius 3 is 2.91 bits per heavy atom. The van der Waals surface area contributed by atoms with E-state index in [0.29, 0.717) is 0 Å². The van der Waals surface area contributed by atoms with Gasteiger partial charge in [-0.3, -0.25) is 0 Å². The number of benzene rings is 1. The van der Waals surface area contributed by atoms with Gasteiger partial charge in [0.05, 0.1) is 0 Å². The van der Waals surface area contributed by atoms with Crippen molar-refractivity contribution in [3.63, 3.8) is 0 Å². The van der Waals surface area contributed by atoms with E-state index < -0.39 is 0 Å². The Morgan fingerprint density at radius 2 is 2.09 bits per heavy atom. The summed E-state index contributed by atoms with van der Waals surface area (Å²) < 4.78 is 2.58. The van der Waals surface area contributed by atoms with Crippen molar-refractivity contribution in [2.24, 2.45) is 0 Å².